The highest BCUT2D eigenvalue weighted by Crippen LogP contribution is 2.22. The normalized spacial score (nSPS) is 11.0. The van der Waals surface area contributed by atoms with Crippen molar-refractivity contribution in [3.63, 3.8) is 0 Å². The summed E-state index contributed by atoms with van der Waals surface area (Å²) in [7, 11) is 0. The second-order valence-corrected chi connectivity index (χ2v) is 6.13. The lowest BCUT2D eigenvalue weighted by Crippen LogP contribution is -2.10. The van der Waals surface area contributed by atoms with Gasteiger partial charge in [0.2, 0.25) is 0 Å². The number of anilines is 1. The van der Waals surface area contributed by atoms with Crippen molar-refractivity contribution in [2.45, 2.75) is 0 Å². The van der Waals surface area contributed by atoms with Crippen molar-refractivity contribution in [2.75, 3.05) is 5.43 Å². The van der Waals surface area contributed by atoms with E-state index in [0.29, 0.717) is 5.69 Å². The first-order valence-corrected chi connectivity index (χ1v) is 8.68. The van der Waals surface area contributed by atoms with Gasteiger partial charge in [0.15, 0.2) is 0 Å². The summed E-state index contributed by atoms with van der Waals surface area (Å²) in [4.78, 5) is 15.7. The van der Waals surface area contributed by atoms with Gasteiger partial charge in [-0.3, -0.25) is 15.2 Å². The lowest BCUT2D eigenvalue weighted by Gasteiger charge is -2.00. The van der Waals surface area contributed by atoms with Gasteiger partial charge in [0, 0.05) is 29.7 Å². The molecule has 0 radical (unpaired) electrons. The van der Waals surface area contributed by atoms with Gasteiger partial charge in [-0.1, -0.05) is 29.8 Å². The molecular formula is C19H14ClN7O. The van der Waals surface area contributed by atoms with Crippen LogP contribution in [0.15, 0.2) is 77.1 Å². The molecule has 0 unspecified atom stereocenters. The molecule has 9 heteroatoms. The van der Waals surface area contributed by atoms with E-state index in [1.54, 1.807) is 23.3 Å². The van der Waals surface area contributed by atoms with Gasteiger partial charge in [0.25, 0.3) is 5.56 Å². The Morgan fingerprint density at radius 3 is 2.79 bits per heavy atom. The Kier molecular flexibility index (Phi) is 4.94. The van der Waals surface area contributed by atoms with Gasteiger partial charge in [-0.15, -0.1) is 0 Å². The Balaban J connectivity index is 1.70. The van der Waals surface area contributed by atoms with Crippen molar-refractivity contribution in [2.24, 2.45) is 5.10 Å². The second-order valence-electron chi connectivity index (χ2n) is 5.75. The number of hydrazone groups is 1. The fraction of sp³-hybridized carbons (Fsp3) is 0. The molecule has 3 aromatic heterocycles. The summed E-state index contributed by atoms with van der Waals surface area (Å²) in [5, 5.41) is 14.8. The molecule has 0 saturated carbocycles. The van der Waals surface area contributed by atoms with Crippen LogP contribution in [-0.4, -0.2) is 31.2 Å². The maximum absolute atomic E-state index is 11.5. The number of benzene rings is 1. The number of H-pyrrole nitrogens is 1. The van der Waals surface area contributed by atoms with Crippen molar-refractivity contribution in [3.8, 4) is 16.9 Å². The third-order valence-corrected chi connectivity index (χ3v) is 4.26. The molecule has 0 spiro atoms. The number of nitrogens with zero attached hydrogens (tertiary/aromatic N) is 5. The molecule has 3 heterocycles. The Labute approximate surface area is 164 Å². The zero-order valence-electron chi connectivity index (χ0n) is 14.5. The van der Waals surface area contributed by atoms with E-state index in [9.17, 15) is 4.79 Å². The van der Waals surface area contributed by atoms with Crippen LogP contribution in [0.1, 0.15) is 5.56 Å². The Bertz CT molecular complexity index is 1170. The molecule has 0 fully saturated rings. The number of pyridine rings is 1. The molecule has 0 atom stereocenters. The zero-order chi connectivity index (χ0) is 19.3. The van der Waals surface area contributed by atoms with E-state index in [2.05, 4.69) is 30.8 Å². The van der Waals surface area contributed by atoms with Gasteiger partial charge in [0.1, 0.15) is 16.4 Å². The first-order chi connectivity index (χ1) is 13.7. The van der Waals surface area contributed by atoms with Crippen LogP contribution in [0.3, 0.4) is 0 Å². The molecule has 8 nitrogen and oxygen atoms in total. The smallest absolute Gasteiger partial charge is 0.275 e. The van der Waals surface area contributed by atoms with E-state index in [4.69, 9.17) is 11.6 Å². The Morgan fingerprint density at radius 1 is 1.14 bits per heavy atom. The van der Waals surface area contributed by atoms with Gasteiger partial charge >= 0.3 is 0 Å². The van der Waals surface area contributed by atoms with Crippen LogP contribution < -0.4 is 11.0 Å². The van der Waals surface area contributed by atoms with Gasteiger partial charge in [0.05, 0.1) is 18.1 Å². The molecule has 0 aliphatic carbocycles. The van der Waals surface area contributed by atoms with E-state index >= 15 is 0 Å². The number of halogens is 1. The molecule has 4 aromatic rings. The molecule has 0 bridgehead atoms. The van der Waals surface area contributed by atoms with E-state index in [1.807, 2.05) is 48.7 Å². The van der Waals surface area contributed by atoms with Crippen LogP contribution in [0.2, 0.25) is 5.02 Å². The maximum Gasteiger partial charge on any atom is 0.285 e. The summed E-state index contributed by atoms with van der Waals surface area (Å²) < 4.78 is 1.77. The average Bonchev–Trinajstić information content (AvgIpc) is 3.17. The van der Waals surface area contributed by atoms with Crippen LogP contribution in [0, 0.1) is 0 Å². The standard InChI is InChI=1S/C19H14ClN7O/c20-17-16(11-23-25-19(17)28)24-22-10-14-12-27(15-6-2-1-3-7-15)26-18(14)13-5-4-8-21-9-13/h1-12H,(H2,24,25,28)/b22-10-. The number of aromatic amines is 1. The van der Waals surface area contributed by atoms with E-state index < -0.39 is 5.56 Å². The molecule has 2 N–H and O–H groups in total. The minimum atomic E-state index is -0.491. The molecule has 28 heavy (non-hydrogen) atoms. The van der Waals surface area contributed by atoms with Gasteiger partial charge < -0.3 is 0 Å². The lowest BCUT2D eigenvalue weighted by molar-refractivity contribution is 0.884. The SMILES string of the molecule is O=c1[nH]ncc(N/N=C\c2cn(-c3ccccc3)nc2-c2cccnc2)c1Cl. The summed E-state index contributed by atoms with van der Waals surface area (Å²) in [6.45, 7) is 0. The third kappa shape index (κ3) is 3.67. The fourth-order valence-electron chi connectivity index (χ4n) is 2.55. The number of hydrogen-bond donors (Lipinski definition) is 2. The fourth-order valence-corrected chi connectivity index (χ4v) is 2.69. The van der Waals surface area contributed by atoms with Crippen LogP contribution in [-0.2, 0) is 0 Å². The van der Waals surface area contributed by atoms with Gasteiger partial charge in [-0.05, 0) is 24.3 Å². The van der Waals surface area contributed by atoms with E-state index in [1.165, 1.54) is 6.20 Å². The number of para-hydroxylation sites is 1. The predicted molar refractivity (Wildman–Crippen MR) is 108 cm³/mol. The largest absolute Gasteiger partial charge is 0.285 e. The second kappa shape index (κ2) is 7.85. The van der Waals surface area contributed by atoms with Crippen LogP contribution in [0.4, 0.5) is 5.69 Å². The average molecular weight is 392 g/mol. The number of aromatic nitrogens is 5. The molecule has 138 valence electrons. The van der Waals surface area contributed by atoms with Gasteiger partial charge in [-0.25, -0.2) is 9.78 Å². The molecule has 0 aliphatic rings. The molecular weight excluding hydrogens is 378 g/mol. The lowest BCUT2D eigenvalue weighted by atomic mass is 10.1. The number of rotatable bonds is 5. The Morgan fingerprint density at radius 2 is 2.00 bits per heavy atom. The number of nitrogens with one attached hydrogen (secondary N) is 2. The third-order valence-electron chi connectivity index (χ3n) is 3.88. The van der Waals surface area contributed by atoms with Crippen molar-refractivity contribution < 1.29 is 0 Å². The highest BCUT2D eigenvalue weighted by atomic mass is 35.5. The topological polar surface area (TPSA) is 101 Å². The van der Waals surface area contributed by atoms with E-state index in [0.717, 1.165) is 22.5 Å². The predicted octanol–water partition coefficient (Wildman–Crippen LogP) is 3.12. The van der Waals surface area contributed by atoms with Crippen LogP contribution >= 0.6 is 11.6 Å². The summed E-state index contributed by atoms with van der Waals surface area (Å²) in [6, 6.07) is 13.5. The van der Waals surface area contributed by atoms with Gasteiger partial charge in [-0.2, -0.15) is 15.3 Å². The summed E-state index contributed by atoms with van der Waals surface area (Å²) in [5.41, 5.74) is 5.80. The first-order valence-electron chi connectivity index (χ1n) is 8.30. The minimum Gasteiger partial charge on any atom is -0.275 e. The molecule has 1 aromatic carbocycles. The minimum absolute atomic E-state index is 0.0142. The number of hydrogen-bond acceptors (Lipinski definition) is 6. The van der Waals surface area contributed by atoms with Crippen LogP contribution in [0.25, 0.3) is 16.9 Å². The highest BCUT2D eigenvalue weighted by molar-refractivity contribution is 6.32. The Hall–Kier alpha value is -3.78. The van der Waals surface area contributed by atoms with Crippen molar-refractivity contribution in [3.05, 3.63) is 88.2 Å². The summed E-state index contributed by atoms with van der Waals surface area (Å²) in [5.74, 6) is 0. The summed E-state index contributed by atoms with van der Waals surface area (Å²) in [6.07, 6.45) is 8.29. The molecule has 0 saturated heterocycles. The van der Waals surface area contributed by atoms with Crippen molar-refractivity contribution >= 4 is 23.5 Å². The van der Waals surface area contributed by atoms with Crippen LogP contribution in [0.5, 0.6) is 0 Å². The molecule has 0 aliphatic heterocycles. The van der Waals surface area contributed by atoms with Crippen molar-refractivity contribution in [1.29, 1.82) is 0 Å². The van der Waals surface area contributed by atoms with Crippen molar-refractivity contribution in [1.82, 2.24) is 25.0 Å². The summed E-state index contributed by atoms with van der Waals surface area (Å²) >= 11 is 5.94. The maximum atomic E-state index is 11.5. The quantitative estimate of drug-likeness (QED) is 0.402. The first kappa shape index (κ1) is 17.6. The molecule has 4 rings (SSSR count). The zero-order valence-corrected chi connectivity index (χ0v) is 15.2. The highest BCUT2D eigenvalue weighted by Gasteiger charge is 2.11. The van der Waals surface area contributed by atoms with E-state index in [-0.39, 0.29) is 5.02 Å². The molecule has 0 amide bonds. The monoisotopic (exact) mass is 391 g/mol.